The predicted octanol–water partition coefficient (Wildman–Crippen LogP) is 4.31. The van der Waals surface area contributed by atoms with Crippen LogP contribution in [0.4, 0.5) is 11.4 Å². The topological polar surface area (TPSA) is 68.0 Å². The van der Waals surface area contributed by atoms with E-state index in [1.54, 1.807) is 0 Å². The molecule has 0 unspecified atom stereocenters. The Labute approximate surface area is 139 Å². The van der Waals surface area contributed by atoms with Gasteiger partial charge in [-0.25, -0.2) is 4.98 Å². The van der Waals surface area contributed by atoms with E-state index in [1.165, 1.54) is 16.9 Å². The minimum absolute atomic E-state index is 0.188. The zero-order chi connectivity index (χ0) is 16.6. The highest BCUT2D eigenvalue weighted by atomic mass is 32.1. The smallest absolute Gasteiger partial charge is 0.267 e. The molecule has 0 fully saturated rings. The zero-order valence-corrected chi connectivity index (χ0v) is 14.3. The van der Waals surface area contributed by atoms with E-state index in [9.17, 15) is 4.79 Å². The molecule has 5 heteroatoms. The first kappa shape index (κ1) is 15.5. The average molecular weight is 325 g/mol. The van der Waals surface area contributed by atoms with Crippen LogP contribution in [0.3, 0.4) is 0 Å². The largest absolute Gasteiger partial charge is 0.397 e. The van der Waals surface area contributed by atoms with Crippen molar-refractivity contribution in [3.63, 3.8) is 0 Å². The lowest BCUT2D eigenvalue weighted by Crippen LogP contribution is -2.11. The summed E-state index contributed by atoms with van der Waals surface area (Å²) in [5, 5.41) is 3.79. The van der Waals surface area contributed by atoms with Gasteiger partial charge in [0.1, 0.15) is 9.71 Å². The Morgan fingerprint density at radius 1 is 1.26 bits per heavy atom. The maximum Gasteiger partial charge on any atom is 0.267 e. The zero-order valence-electron chi connectivity index (χ0n) is 13.4. The Morgan fingerprint density at radius 2 is 1.96 bits per heavy atom. The summed E-state index contributed by atoms with van der Waals surface area (Å²) < 4.78 is 0. The van der Waals surface area contributed by atoms with Gasteiger partial charge < -0.3 is 11.1 Å². The van der Waals surface area contributed by atoms with Gasteiger partial charge in [0.05, 0.1) is 5.69 Å². The number of nitrogens with one attached hydrogen (secondary N) is 1. The highest BCUT2D eigenvalue weighted by Gasteiger charge is 2.19. The molecular weight excluding hydrogens is 306 g/mol. The molecule has 1 aromatic carbocycles. The summed E-state index contributed by atoms with van der Waals surface area (Å²) in [4.78, 5) is 18.4. The molecule has 0 aliphatic carbocycles. The standard InChI is InChI=1S/C18H19N3OS/c1-4-12-5-7-13(8-6-12)21-17(22)16-15(19)14-10(2)9-11(3)20-18(14)23-16/h5-9H,4,19H2,1-3H3,(H,21,22). The molecule has 0 spiro atoms. The van der Waals surface area contributed by atoms with E-state index in [1.807, 2.05) is 44.2 Å². The molecule has 0 aliphatic rings. The quantitative estimate of drug-likeness (QED) is 0.754. The summed E-state index contributed by atoms with van der Waals surface area (Å²) in [6.07, 6.45) is 0.974. The Balaban J connectivity index is 1.94. The van der Waals surface area contributed by atoms with Crippen molar-refractivity contribution >= 4 is 38.8 Å². The van der Waals surface area contributed by atoms with Gasteiger partial charge in [0.25, 0.3) is 5.91 Å². The molecule has 0 aliphatic heterocycles. The van der Waals surface area contributed by atoms with Crippen molar-refractivity contribution in [1.29, 1.82) is 0 Å². The SMILES string of the molecule is CCc1ccc(NC(=O)c2sc3nc(C)cc(C)c3c2N)cc1. The number of nitrogens with zero attached hydrogens (tertiary/aromatic N) is 1. The molecule has 1 amide bonds. The van der Waals surface area contributed by atoms with Crippen molar-refractivity contribution in [2.45, 2.75) is 27.2 Å². The summed E-state index contributed by atoms with van der Waals surface area (Å²) in [5.74, 6) is -0.188. The first-order valence-electron chi connectivity index (χ1n) is 7.56. The van der Waals surface area contributed by atoms with Gasteiger partial charge in [0.15, 0.2) is 0 Å². The summed E-state index contributed by atoms with van der Waals surface area (Å²) in [6.45, 7) is 6.03. The second-order valence-corrected chi connectivity index (χ2v) is 6.61. The van der Waals surface area contributed by atoms with Crippen LogP contribution >= 0.6 is 11.3 Å². The fourth-order valence-corrected chi connectivity index (χ4v) is 3.76. The number of thiophene rings is 1. The number of aryl methyl sites for hydroxylation is 3. The normalized spacial score (nSPS) is 10.9. The van der Waals surface area contributed by atoms with Crippen molar-refractivity contribution in [3.05, 3.63) is 52.0 Å². The number of carbonyl (C=O) groups is 1. The maximum absolute atomic E-state index is 12.5. The molecule has 4 nitrogen and oxygen atoms in total. The number of carbonyl (C=O) groups excluding carboxylic acids is 1. The first-order chi connectivity index (χ1) is 11.0. The lowest BCUT2D eigenvalue weighted by molar-refractivity contribution is 0.103. The van der Waals surface area contributed by atoms with Crippen molar-refractivity contribution < 1.29 is 4.79 Å². The number of nitrogen functional groups attached to an aromatic ring is 1. The molecule has 3 aromatic rings. The van der Waals surface area contributed by atoms with E-state index in [2.05, 4.69) is 17.2 Å². The van der Waals surface area contributed by atoms with Crippen LogP contribution in [0.5, 0.6) is 0 Å². The number of pyridine rings is 1. The second-order valence-electron chi connectivity index (χ2n) is 5.61. The Hall–Kier alpha value is -2.40. The lowest BCUT2D eigenvalue weighted by atomic mass is 10.1. The van der Waals surface area contributed by atoms with Crippen LogP contribution in [0.1, 0.15) is 33.4 Å². The number of nitrogens with two attached hydrogens (primary N) is 1. The molecule has 0 saturated carbocycles. The van der Waals surface area contributed by atoms with E-state index >= 15 is 0 Å². The van der Waals surface area contributed by atoms with Crippen LogP contribution in [-0.4, -0.2) is 10.9 Å². The van der Waals surface area contributed by atoms with Crippen LogP contribution in [0.15, 0.2) is 30.3 Å². The van der Waals surface area contributed by atoms with Crippen molar-refractivity contribution in [2.75, 3.05) is 11.1 Å². The van der Waals surface area contributed by atoms with E-state index in [0.29, 0.717) is 10.6 Å². The molecule has 2 heterocycles. The molecule has 0 bridgehead atoms. The number of benzene rings is 1. The Kier molecular flexibility index (Phi) is 4.05. The predicted molar refractivity (Wildman–Crippen MR) is 97.3 cm³/mol. The number of fused-ring (bicyclic) bond motifs is 1. The van der Waals surface area contributed by atoms with Gasteiger partial charge in [-0.15, -0.1) is 11.3 Å². The molecule has 0 saturated heterocycles. The summed E-state index contributed by atoms with van der Waals surface area (Å²) in [5.41, 5.74) is 10.7. The number of hydrogen-bond acceptors (Lipinski definition) is 4. The number of hydrogen-bond donors (Lipinski definition) is 2. The van der Waals surface area contributed by atoms with Crippen LogP contribution < -0.4 is 11.1 Å². The Bertz CT molecular complexity index is 881. The summed E-state index contributed by atoms with van der Waals surface area (Å²) >= 11 is 1.34. The maximum atomic E-state index is 12.5. The molecule has 3 N–H and O–H groups in total. The van der Waals surface area contributed by atoms with E-state index < -0.39 is 0 Å². The van der Waals surface area contributed by atoms with Crippen LogP contribution in [0.2, 0.25) is 0 Å². The number of anilines is 2. The van der Waals surface area contributed by atoms with Crippen molar-refractivity contribution in [3.8, 4) is 0 Å². The van der Waals surface area contributed by atoms with Gasteiger partial charge in [0.2, 0.25) is 0 Å². The third kappa shape index (κ3) is 2.92. The minimum atomic E-state index is -0.188. The third-order valence-corrected chi connectivity index (χ3v) is 4.95. The fourth-order valence-electron chi connectivity index (χ4n) is 2.65. The molecule has 118 valence electrons. The first-order valence-corrected chi connectivity index (χ1v) is 8.37. The second kappa shape index (κ2) is 6.01. The molecule has 3 rings (SSSR count). The fraction of sp³-hybridized carbons (Fsp3) is 0.222. The highest BCUT2D eigenvalue weighted by Crippen LogP contribution is 2.35. The van der Waals surface area contributed by atoms with Crippen molar-refractivity contribution in [1.82, 2.24) is 4.98 Å². The number of aromatic nitrogens is 1. The average Bonchev–Trinajstić information content (AvgIpc) is 2.85. The molecule has 2 aromatic heterocycles. The van der Waals surface area contributed by atoms with Gasteiger partial charge in [-0.1, -0.05) is 19.1 Å². The van der Waals surface area contributed by atoms with Crippen LogP contribution in [0, 0.1) is 13.8 Å². The van der Waals surface area contributed by atoms with Gasteiger partial charge >= 0.3 is 0 Å². The van der Waals surface area contributed by atoms with E-state index in [0.717, 1.165) is 33.6 Å². The van der Waals surface area contributed by atoms with E-state index in [-0.39, 0.29) is 5.91 Å². The van der Waals surface area contributed by atoms with Gasteiger partial charge in [-0.05, 0) is 49.6 Å². The Morgan fingerprint density at radius 3 is 2.61 bits per heavy atom. The summed E-state index contributed by atoms with van der Waals surface area (Å²) in [6, 6.07) is 9.83. The minimum Gasteiger partial charge on any atom is -0.397 e. The number of rotatable bonds is 3. The van der Waals surface area contributed by atoms with Gasteiger partial charge in [-0.2, -0.15) is 0 Å². The van der Waals surface area contributed by atoms with Gasteiger partial charge in [0, 0.05) is 16.8 Å². The number of amides is 1. The molecule has 23 heavy (non-hydrogen) atoms. The van der Waals surface area contributed by atoms with E-state index in [4.69, 9.17) is 5.73 Å². The van der Waals surface area contributed by atoms with Crippen molar-refractivity contribution in [2.24, 2.45) is 0 Å². The monoisotopic (exact) mass is 325 g/mol. The molecule has 0 atom stereocenters. The lowest BCUT2D eigenvalue weighted by Gasteiger charge is -2.05. The third-order valence-electron chi connectivity index (χ3n) is 3.85. The van der Waals surface area contributed by atoms with Gasteiger partial charge in [-0.3, -0.25) is 4.79 Å². The van der Waals surface area contributed by atoms with Crippen LogP contribution in [-0.2, 0) is 6.42 Å². The molecular formula is C18H19N3OS. The summed E-state index contributed by atoms with van der Waals surface area (Å²) in [7, 11) is 0. The highest BCUT2D eigenvalue weighted by molar-refractivity contribution is 7.21. The molecule has 0 radical (unpaired) electrons. The van der Waals surface area contributed by atoms with Crippen LogP contribution in [0.25, 0.3) is 10.2 Å².